The molecule has 0 saturated carbocycles. The zero-order valence-electron chi connectivity index (χ0n) is 14.2. The van der Waals surface area contributed by atoms with Gasteiger partial charge >= 0.3 is 2.85 Å². The van der Waals surface area contributed by atoms with Gasteiger partial charge in [-0.3, -0.25) is 0 Å². The quantitative estimate of drug-likeness (QED) is 0.264. The van der Waals surface area contributed by atoms with Gasteiger partial charge in [0.15, 0.2) is 0 Å². The molecule has 0 aromatic rings. The summed E-state index contributed by atoms with van der Waals surface area (Å²) in [6, 6.07) is -1.48. The van der Waals surface area contributed by atoms with Gasteiger partial charge in [0.05, 0.1) is 18.5 Å². The lowest BCUT2D eigenvalue weighted by molar-refractivity contribution is -0.439. The Hall–Kier alpha value is -1.55. The molecule has 0 saturated heterocycles. The first-order valence-electron chi connectivity index (χ1n) is 6.60. The highest BCUT2D eigenvalue weighted by atomic mass is 16.4. The van der Waals surface area contributed by atoms with Gasteiger partial charge in [0.2, 0.25) is 0 Å². The summed E-state index contributed by atoms with van der Waals surface area (Å²) in [4.78, 5) is 29.8. The molecule has 0 aromatic carbocycles. The number of quaternary nitrogens is 2. The number of carboxylic acid groups (broad SMARTS) is 2. The number of carbonyl (C=O) groups is 3. The Balaban J connectivity index is -0.0000000831. The van der Waals surface area contributed by atoms with Crippen molar-refractivity contribution in [2.45, 2.75) is 50.6 Å². The highest BCUT2D eigenvalue weighted by molar-refractivity contribution is 5.70. The van der Waals surface area contributed by atoms with Crippen LogP contribution >= 0.6 is 0 Å². The third kappa shape index (κ3) is 18.4. The molecule has 0 aromatic heterocycles. The average molecular weight is 311 g/mol. The van der Waals surface area contributed by atoms with Crippen LogP contribution in [0.15, 0.2) is 0 Å². The minimum absolute atomic E-state index is 0. The van der Waals surface area contributed by atoms with Gasteiger partial charge in [-0.05, 0) is 25.7 Å². The molecule has 0 heterocycles. The molecule has 126 valence electrons. The first kappa shape index (κ1) is 24.5. The summed E-state index contributed by atoms with van der Waals surface area (Å²) in [7, 11) is 0. The van der Waals surface area contributed by atoms with E-state index in [4.69, 9.17) is 5.73 Å². The van der Waals surface area contributed by atoms with Crippen LogP contribution in [0.5, 0.6) is 0 Å². The fourth-order valence-corrected chi connectivity index (χ4v) is 1.22. The Morgan fingerprint density at radius 3 is 2.10 bits per heavy atom. The van der Waals surface area contributed by atoms with Crippen molar-refractivity contribution in [1.82, 2.24) is 0 Å². The second kappa shape index (κ2) is 16.5. The first-order valence-corrected chi connectivity index (χ1v) is 6.60. The highest BCUT2D eigenvalue weighted by Crippen LogP contribution is 1.95. The number of hydrogen-bond acceptors (Lipinski definition) is 6. The van der Waals surface area contributed by atoms with Crippen LogP contribution in [0.1, 0.15) is 41.4 Å². The number of rotatable bonds is 10. The lowest BCUT2D eigenvalue weighted by atomic mass is 10.1. The van der Waals surface area contributed by atoms with E-state index in [-0.39, 0.29) is 8.33 Å². The summed E-state index contributed by atoms with van der Waals surface area (Å²) in [5.41, 5.74) is 12.2. The smallest absolute Gasteiger partial charge is 0.548 e. The molecule has 0 aliphatic carbocycles. The minimum atomic E-state index is -1.26. The molecule has 0 radical (unpaired) electrons. The van der Waals surface area contributed by atoms with Crippen molar-refractivity contribution in [1.29, 1.82) is 0 Å². The predicted octanol–water partition coefficient (Wildman–Crippen LogP) is -5.41. The van der Waals surface area contributed by atoms with E-state index < -0.39 is 24.0 Å². The Morgan fingerprint density at radius 1 is 1.14 bits per heavy atom. The summed E-state index contributed by atoms with van der Waals surface area (Å²) in [5.74, 6) is -2.31. The maximum absolute atomic E-state index is 10.1. The molecule has 0 fully saturated rings. The second-order valence-electron chi connectivity index (χ2n) is 4.39. The topological polar surface area (TPSA) is 210 Å². The molecule has 0 rings (SSSR count). The molecule has 0 bridgehead atoms. The normalized spacial score (nSPS) is 12.1. The number of unbranched alkanes of at least 4 members (excludes halogenated alkanes) is 2. The Morgan fingerprint density at radius 2 is 1.71 bits per heavy atom. The van der Waals surface area contributed by atoms with Crippen molar-refractivity contribution in [2.24, 2.45) is 5.73 Å². The predicted molar refractivity (Wildman–Crippen MR) is 72.0 cm³/mol. The maximum Gasteiger partial charge on any atom is 1.00 e. The molecule has 21 heavy (non-hydrogen) atoms. The molecular weight excluding hydrogens is 282 g/mol. The highest BCUT2D eigenvalue weighted by Gasteiger charge is 2.05. The number of hydrogen-bond donors (Lipinski definition) is 3. The molecule has 2 atom stereocenters. The Bertz CT molecular complexity index is 298. The van der Waals surface area contributed by atoms with Gasteiger partial charge in [-0.25, -0.2) is 0 Å². The Kier molecular flexibility index (Phi) is 19.2. The zero-order chi connectivity index (χ0) is 16.0. The summed E-state index contributed by atoms with van der Waals surface area (Å²) < 4.78 is 0. The molecule has 9 nitrogen and oxygen atoms in total. The van der Waals surface area contributed by atoms with Gasteiger partial charge < -0.3 is 47.3 Å². The van der Waals surface area contributed by atoms with Gasteiger partial charge in [-0.1, -0.05) is 0 Å². The van der Waals surface area contributed by atoms with Crippen molar-refractivity contribution < 1.29 is 44.4 Å². The molecule has 0 spiro atoms. The van der Waals surface area contributed by atoms with Gasteiger partial charge in [0.1, 0.15) is 12.3 Å². The first-order chi connectivity index (χ1) is 9.36. The van der Waals surface area contributed by atoms with E-state index in [9.17, 15) is 24.6 Å². The van der Waals surface area contributed by atoms with Crippen LogP contribution in [-0.2, 0) is 14.4 Å². The fraction of sp³-hybridized carbons (Fsp3) is 0.750. The molecule has 0 amide bonds. The van der Waals surface area contributed by atoms with Crippen LogP contribution in [0.4, 0.5) is 0 Å². The van der Waals surface area contributed by atoms with Crippen molar-refractivity contribution in [3.63, 3.8) is 0 Å². The molecule has 0 aliphatic rings. The molecular formula is C12H29N3O6+2. The maximum atomic E-state index is 10.1. The van der Waals surface area contributed by atoms with Crippen molar-refractivity contribution in [2.75, 3.05) is 6.54 Å². The number of aliphatic carboxylic acids is 2. The average Bonchev–Trinajstić information content (AvgIpc) is 2.39. The molecule has 0 unspecified atom stereocenters. The van der Waals surface area contributed by atoms with E-state index in [1.807, 2.05) is 0 Å². The third-order valence-electron chi connectivity index (χ3n) is 2.53. The lowest BCUT2D eigenvalue weighted by Gasteiger charge is -2.10. The van der Waals surface area contributed by atoms with E-state index in [1.54, 1.807) is 0 Å². The van der Waals surface area contributed by atoms with Crippen LogP contribution in [0.25, 0.3) is 0 Å². The minimum Gasteiger partial charge on any atom is -0.548 e. The molecule has 9 heteroatoms. The van der Waals surface area contributed by atoms with Crippen molar-refractivity contribution >= 4 is 18.2 Å². The lowest BCUT2D eigenvalue weighted by Crippen LogP contribution is -2.68. The SMILES string of the molecule is N[C@@H](CCCC=O)C(=O)[O-].O.[H+].[H+].[NH3+]CCCC[C@H]([NH3+])C(=O)[O-]. The third-order valence-corrected chi connectivity index (χ3v) is 2.53. The zero-order valence-corrected chi connectivity index (χ0v) is 12.2. The van der Waals surface area contributed by atoms with Gasteiger partial charge in [0, 0.05) is 18.9 Å². The van der Waals surface area contributed by atoms with E-state index in [0.717, 1.165) is 25.7 Å². The number of carbonyl (C=O) groups excluding carboxylic acids is 3. The monoisotopic (exact) mass is 311 g/mol. The van der Waals surface area contributed by atoms with Gasteiger partial charge in [-0.15, -0.1) is 0 Å². The number of carboxylic acids is 2. The summed E-state index contributed by atoms with van der Waals surface area (Å²) in [5, 5.41) is 20.1. The standard InChI is InChI=1S/C6H14N2O2.C6H11NO3.H2O/c7-4-2-1-3-5(8)6(9)10;7-5(6(9)10)3-1-2-4-8;/h5H,1-4,7-8H2,(H,9,10);4-5H,1-3,7H2,(H,9,10);1H2/p+2/t2*5-;/m00./s1. The van der Waals surface area contributed by atoms with Crippen LogP contribution < -0.4 is 27.4 Å². The fourth-order valence-electron chi connectivity index (χ4n) is 1.22. The second-order valence-corrected chi connectivity index (χ2v) is 4.39. The van der Waals surface area contributed by atoms with E-state index >= 15 is 0 Å². The summed E-state index contributed by atoms with van der Waals surface area (Å²) >= 11 is 0. The molecule has 10 N–H and O–H groups in total. The van der Waals surface area contributed by atoms with Crippen molar-refractivity contribution in [3.05, 3.63) is 0 Å². The van der Waals surface area contributed by atoms with Crippen LogP contribution in [0.2, 0.25) is 0 Å². The Labute approximate surface area is 126 Å². The van der Waals surface area contributed by atoms with E-state index in [2.05, 4.69) is 11.5 Å². The van der Waals surface area contributed by atoms with Crippen molar-refractivity contribution in [3.8, 4) is 0 Å². The van der Waals surface area contributed by atoms with E-state index in [1.165, 1.54) is 0 Å². The molecule has 0 aliphatic heterocycles. The van der Waals surface area contributed by atoms with Crippen LogP contribution in [0, 0.1) is 0 Å². The van der Waals surface area contributed by atoms with Gasteiger partial charge in [0.25, 0.3) is 0 Å². The van der Waals surface area contributed by atoms with E-state index in [0.29, 0.717) is 25.7 Å². The summed E-state index contributed by atoms with van der Waals surface area (Å²) in [6.45, 7) is 0.861. The van der Waals surface area contributed by atoms with Gasteiger partial charge in [-0.2, -0.15) is 0 Å². The summed E-state index contributed by atoms with van der Waals surface area (Å²) in [6.07, 6.45) is 4.38. The largest absolute Gasteiger partial charge is 1.00 e. The number of aldehydes is 1. The number of nitrogens with two attached hydrogens (primary N) is 1. The van der Waals surface area contributed by atoms with Crippen LogP contribution in [0.3, 0.4) is 0 Å². The van der Waals surface area contributed by atoms with Crippen LogP contribution in [-0.4, -0.2) is 42.3 Å².